The van der Waals surface area contributed by atoms with Crippen LogP contribution in [0.15, 0.2) is 61.1 Å². The molecular formula is C27H21F2N7O2S. The Balaban J connectivity index is 1.46. The van der Waals surface area contributed by atoms with Crippen molar-refractivity contribution in [3.63, 3.8) is 0 Å². The normalized spacial score (nSPS) is 12.0. The number of aromatic amines is 2. The summed E-state index contributed by atoms with van der Waals surface area (Å²) in [6.07, 6.45) is 5.98. The first-order chi connectivity index (χ1) is 18.6. The molecule has 2 aromatic carbocycles. The van der Waals surface area contributed by atoms with Crippen molar-refractivity contribution < 1.29 is 17.2 Å². The van der Waals surface area contributed by atoms with Gasteiger partial charge in [0, 0.05) is 41.4 Å². The summed E-state index contributed by atoms with van der Waals surface area (Å²) in [6, 6.07) is 10.9. The van der Waals surface area contributed by atoms with Crippen LogP contribution < -0.4 is 5.73 Å². The van der Waals surface area contributed by atoms with E-state index in [0.717, 1.165) is 6.26 Å². The molecule has 9 nitrogen and oxygen atoms in total. The van der Waals surface area contributed by atoms with Crippen molar-refractivity contribution in [2.24, 2.45) is 0 Å². The number of aromatic nitrogens is 6. The topological polar surface area (TPSA) is 143 Å². The van der Waals surface area contributed by atoms with Crippen molar-refractivity contribution in [2.45, 2.75) is 6.42 Å². The van der Waals surface area contributed by atoms with Crippen LogP contribution in [0.25, 0.3) is 55.8 Å². The van der Waals surface area contributed by atoms with Crippen molar-refractivity contribution in [2.75, 3.05) is 17.7 Å². The Kier molecular flexibility index (Phi) is 5.83. The molecule has 196 valence electrons. The number of nitrogens with two attached hydrogens (primary N) is 1. The summed E-state index contributed by atoms with van der Waals surface area (Å²) in [5.74, 6) is -0.744. The monoisotopic (exact) mass is 545 g/mol. The second-order valence-corrected chi connectivity index (χ2v) is 11.6. The zero-order valence-electron chi connectivity index (χ0n) is 20.5. The van der Waals surface area contributed by atoms with Gasteiger partial charge in [-0.1, -0.05) is 0 Å². The fraction of sp³-hybridized carbons (Fsp3) is 0.111. The lowest BCUT2D eigenvalue weighted by atomic mass is 10.0. The molecular weight excluding hydrogens is 524 g/mol. The second-order valence-electron chi connectivity index (χ2n) is 9.33. The summed E-state index contributed by atoms with van der Waals surface area (Å²) < 4.78 is 52.7. The first-order valence-corrected chi connectivity index (χ1v) is 13.9. The number of H-pyrrole nitrogens is 2. The third kappa shape index (κ3) is 4.81. The molecule has 0 fully saturated rings. The molecule has 0 radical (unpaired) electrons. The van der Waals surface area contributed by atoms with Crippen molar-refractivity contribution in [3.8, 4) is 33.9 Å². The molecule has 0 aliphatic carbocycles. The van der Waals surface area contributed by atoms with Crippen molar-refractivity contribution in [1.29, 1.82) is 0 Å². The van der Waals surface area contributed by atoms with E-state index in [-0.39, 0.29) is 17.7 Å². The number of nitrogen functional groups attached to an aromatic ring is 1. The van der Waals surface area contributed by atoms with Crippen molar-refractivity contribution in [1.82, 2.24) is 30.1 Å². The summed E-state index contributed by atoms with van der Waals surface area (Å²) in [5, 5.41) is 7.51. The van der Waals surface area contributed by atoms with E-state index in [1.54, 1.807) is 36.7 Å². The number of hydrogen-bond acceptors (Lipinski definition) is 7. The van der Waals surface area contributed by atoms with Crippen molar-refractivity contribution in [3.05, 3.63) is 78.3 Å². The van der Waals surface area contributed by atoms with Crippen LogP contribution in [0.2, 0.25) is 0 Å². The van der Waals surface area contributed by atoms with E-state index in [2.05, 4.69) is 25.1 Å². The van der Waals surface area contributed by atoms with Gasteiger partial charge in [0.1, 0.15) is 32.4 Å². The SMILES string of the molecule is CS(=O)(=O)CCc1cc(F)cc(-c2nccc3[nH]c(-c4[nH]nc5c(F)cc(-c6cncc(N)c6)cc45)nc23)c1. The molecule has 6 rings (SSSR count). The molecule has 4 heterocycles. The number of nitrogens with zero attached hydrogens (tertiary/aromatic N) is 4. The first-order valence-electron chi connectivity index (χ1n) is 11.9. The number of aryl methyl sites for hydroxylation is 1. The van der Waals surface area contributed by atoms with Gasteiger partial charge in [-0.15, -0.1) is 0 Å². The lowest BCUT2D eigenvalue weighted by Crippen LogP contribution is -2.06. The number of nitrogens with one attached hydrogen (secondary N) is 2. The van der Waals surface area contributed by atoms with Crippen LogP contribution >= 0.6 is 0 Å². The zero-order chi connectivity index (χ0) is 27.3. The average Bonchev–Trinajstić information content (AvgIpc) is 3.51. The van der Waals surface area contributed by atoms with E-state index in [1.807, 2.05) is 0 Å². The smallest absolute Gasteiger partial charge is 0.157 e. The van der Waals surface area contributed by atoms with Crippen LogP contribution in [0.3, 0.4) is 0 Å². The standard InChI is InChI=1S/C27H21F2N7O2S/c1-39(37,38)5-3-14-6-16(8-18(28)7-14)23-26-22(2-4-32-23)33-27(34-26)25-20-10-15(11-21(29)24(20)35-36-25)17-9-19(30)13-31-12-17/h2,4,6-13H,3,5,30H2,1H3,(H,33,34)(H,35,36). The van der Waals surface area contributed by atoms with Gasteiger partial charge in [-0.2, -0.15) is 5.10 Å². The van der Waals surface area contributed by atoms with E-state index < -0.39 is 21.5 Å². The summed E-state index contributed by atoms with van der Waals surface area (Å²) in [7, 11) is -3.21. The number of anilines is 1. The third-order valence-electron chi connectivity index (χ3n) is 6.34. The highest BCUT2D eigenvalue weighted by Crippen LogP contribution is 2.34. The lowest BCUT2D eigenvalue weighted by molar-refractivity contribution is 0.600. The lowest BCUT2D eigenvalue weighted by Gasteiger charge is -2.06. The van der Waals surface area contributed by atoms with Crippen LogP contribution in [-0.2, 0) is 16.3 Å². The summed E-state index contributed by atoms with van der Waals surface area (Å²) >= 11 is 0. The van der Waals surface area contributed by atoms with Gasteiger partial charge in [0.15, 0.2) is 11.6 Å². The van der Waals surface area contributed by atoms with Gasteiger partial charge in [0.25, 0.3) is 0 Å². The first kappa shape index (κ1) is 24.6. The molecule has 0 spiro atoms. The summed E-state index contributed by atoms with van der Waals surface area (Å²) in [4.78, 5) is 16.4. The molecule has 12 heteroatoms. The summed E-state index contributed by atoms with van der Waals surface area (Å²) in [5.41, 5.74) is 10.6. The van der Waals surface area contributed by atoms with Gasteiger partial charge in [0.05, 0.1) is 22.7 Å². The average molecular weight is 546 g/mol. The largest absolute Gasteiger partial charge is 0.397 e. The second kappa shape index (κ2) is 9.24. The molecule has 0 bridgehead atoms. The third-order valence-corrected chi connectivity index (χ3v) is 7.28. The van der Waals surface area contributed by atoms with E-state index in [1.165, 1.54) is 24.4 Å². The number of hydrogen-bond donors (Lipinski definition) is 3. The minimum Gasteiger partial charge on any atom is -0.397 e. The number of halogens is 2. The Morgan fingerprint density at radius 3 is 2.62 bits per heavy atom. The molecule has 0 atom stereocenters. The van der Waals surface area contributed by atoms with Gasteiger partial charge in [-0.05, 0) is 60.0 Å². The Bertz CT molecular complexity index is 2000. The van der Waals surface area contributed by atoms with E-state index in [9.17, 15) is 12.8 Å². The zero-order valence-corrected chi connectivity index (χ0v) is 21.4. The predicted molar refractivity (Wildman–Crippen MR) is 145 cm³/mol. The highest BCUT2D eigenvalue weighted by atomic mass is 32.2. The van der Waals surface area contributed by atoms with Crippen molar-refractivity contribution >= 4 is 37.5 Å². The fourth-order valence-electron chi connectivity index (χ4n) is 4.54. The maximum absolute atomic E-state index is 15.0. The summed E-state index contributed by atoms with van der Waals surface area (Å²) in [6.45, 7) is 0. The van der Waals surface area contributed by atoms with Gasteiger partial charge in [0.2, 0.25) is 0 Å². The van der Waals surface area contributed by atoms with Crippen LogP contribution in [0.5, 0.6) is 0 Å². The molecule has 0 aliphatic rings. The molecule has 4 aromatic heterocycles. The number of pyridine rings is 2. The maximum Gasteiger partial charge on any atom is 0.157 e. The molecule has 0 saturated carbocycles. The van der Waals surface area contributed by atoms with Crippen LogP contribution in [0.4, 0.5) is 14.5 Å². The van der Waals surface area contributed by atoms with E-state index in [0.29, 0.717) is 61.6 Å². The number of fused-ring (bicyclic) bond motifs is 2. The Labute approximate surface area is 221 Å². The Morgan fingerprint density at radius 1 is 0.974 bits per heavy atom. The molecule has 39 heavy (non-hydrogen) atoms. The van der Waals surface area contributed by atoms with Gasteiger partial charge < -0.3 is 10.7 Å². The Hall–Kier alpha value is -4.71. The highest BCUT2D eigenvalue weighted by molar-refractivity contribution is 7.90. The molecule has 6 aromatic rings. The minimum absolute atomic E-state index is 0.100. The Morgan fingerprint density at radius 2 is 1.82 bits per heavy atom. The molecule has 0 saturated heterocycles. The van der Waals surface area contributed by atoms with Crippen LogP contribution in [0, 0.1) is 11.6 Å². The quantitative estimate of drug-likeness (QED) is 0.276. The number of imidazole rings is 1. The molecule has 4 N–H and O–H groups in total. The van der Waals surface area contributed by atoms with Crippen LogP contribution in [0.1, 0.15) is 5.56 Å². The molecule has 0 amide bonds. The van der Waals surface area contributed by atoms with E-state index >= 15 is 4.39 Å². The number of sulfone groups is 1. The number of rotatable bonds is 6. The van der Waals surface area contributed by atoms with Gasteiger partial charge in [-0.3, -0.25) is 15.1 Å². The predicted octanol–water partition coefficient (Wildman–Crippen LogP) is 4.68. The van der Waals surface area contributed by atoms with E-state index in [4.69, 9.17) is 10.7 Å². The fourth-order valence-corrected chi connectivity index (χ4v) is 5.14. The van der Waals surface area contributed by atoms with Gasteiger partial charge in [-0.25, -0.2) is 22.2 Å². The molecule has 0 unspecified atom stereocenters. The number of benzene rings is 2. The maximum atomic E-state index is 15.0. The minimum atomic E-state index is -3.21. The van der Waals surface area contributed by atoms with Crippen LogP contribution in [-0.4, -0.2) is 50.6 Å². The highest BCUT2D eigenvalue weighted by Gasteiger charge is 2.19. The molecule has 0 aliphatic heterocycles. The van der Waals surface area contributed by atoms with Gasteiger partial charge >= 0.3 is 0 Å².